The molecule has 0 bridgehead atoms. The fourth-order valence-corrected chi connectivity index (χ4v) is 2.34. The summed E-state index contributed by atoms with van der Waals surface area (Å²) < 4.78 is 39.8. The van der Waals surface area contributed by atoms with Gasteiger partial charge >= 0.3 is 6.36 Å². The zero-order valence-corrected chi connectivity index (χ0v) is 10.2. The average Bonchev–Trinajstić information content (AvgIpc) is 2.69. The second-order valence-electron chi connectivity index (χ2n) is 3.58. The summed E-state index contributed by atoms with van der Waals surface area (Å²) in [6.07, 6.45) is -4.71. The van der Waals surface area contributed by atoms with E-state index in [1.165, 1.54) is 35.6 Å². The summed E-state index contributed by atoms with van der Waals surface area (Å²) in [5.74, 6) is -0.290. The Labute approximate surface area is 110 Å². The third-order valence-corrected chi connectivity index (χ3v) is 3.34. The summed E-state index contributed by atoms with van der Waals surface area (Å²) in [5.41, 5.74) is 6.65. The molecule has 1 aromatic heterocycles. The first-order valence-electron chi connectivity index (χ1n) is 5.04. The van der Waals surface area contributed by atoms with Gasteiger partial charge < -0.3 is 10.5 Å². The van der Waals surface area contributed by atoms with Crippen LogP contribution in [0.5, 0.6) is 5.75 Å². The lowest BCUT2D eigenvalue weighted by atomic mass is 10.2. The van der Waals surface area contributed by atoms with Crippen molar-refractivity contribution in [2.45, 2.75) is 6.36 Å². The molecule has 0 aliphatic heterocycles. The van der Waals surface area contributed by atoms with E-state index in [4.69, 9.17) is 11.0 Å². The number of halogens is 3. The number of nitrogens with two attached hydrogens (primary N) is 1. The number of thiophene rings is 1. The molecule has 3 nitrogen and oxygen atoms in total. The molecule has 0 radical (unpaired) electrons. The lowest BCUT2D eigenvalue weighted by Gasteiger charge is -2.08. The van der Waals surface area contributed by atoms with Gasteiger partial charge in [0.15, 0.2) is 0 Å². The van der Waals surface area contributed by atoms with Crippen molar-refractivity contribution in [2.24, 2.45) is 0 Å². The van der Waals surface area contributed by atoms with Crippen LogP contribution in [0.4, 0.5) is 18.9 Å². The number of hydrogen-bond donors (Lipinski definition) is 1. The molecule has 0 unspecified atom stereocenters. The van der Waals surface area contributed by atoms with E-state index in [2.05, 4.69) is 4.74 Å². The maximum atomic E-state index is 12.0. The average molecular weight is 284 g/mol. The highest BCUT2D eigenvalue weighted by Crippen LogP contribution is 2.34. The van der Waals surface area contributed by atoms with E-state index in [0.717, 1.165) is 0 Å². The van der Waals surface area contributed by atoms with Gasteiger partial charge in [0.25, 0.3) is 0 Å². The molecule has 2 N–H and O–H groups in total. The van der Waals surface area contributed by atoms with Crippen molar-refractivity contribution < 1.29 is 17.9 Å². The lowest BCUT2D eigenvalue weighted by molar-refractivity contribution is -0.274. The first kappa shape index (κ1) is 13.2. The van der Waals surface area contributed by atoms with Gasteiger partial charge in [-0.2, -0.15) is 5.26 Å². The summed E-state index contributed by atoms with van der Waals surface area (Å²) in [4.78, 5) is 1.10. The van der Waals surface area contributed by atoms with Crippen LogP contribution in [0.25, 0.3) is 10.4 Å². The number of ether oxygens (including phenoxy) is 1. The summed E-state index contributed by atoms with van der Waals surface area (Å²) >= 11 is 1.18. The number of anilines is 1. The Morgan fingerprint density at radius 1 is 1.21 bits per heavy atom. The van der Waals surface area contributed by atoms with E-state index in [1.54, 1.807) is 6.07 Å². The molecule has 19 heavy (non-hydrogen) atoms. The number of nitriles is 1. The minimum Gasteiger partial charge on any atom is -0.406 e. The molecule has 0 fully saturated rings. The van der Waals surface area contributed by atoms with E-state index in [-0.39, 0.29) is 5.75 Å². The predicted octanol–water partition coefficient (Wildman–Crippen LogP) is 3.77. The highest BCUT2D eigenvalue weighted by Gasteiger charge is 2.30. The molecule has 0 saturated carbocycles. The van der Waals surface area contributed by atoms with Crippen LogP contribution in [0.1, 0.15) is 4.88 Å². The largest absolute Gasteiger partial charge is 0.573 e. The number of hydrogen-bond acceptors (Lipinski definition) is 4. The third-order valence-electron chi connectivity index (χ3n) is 2.23. The number of nitrogen functional groups attached to an aromatic ring is 1. The van der Waals surface area contributed by atoms with Gasteiger partial charge in [0.1, 0.15) is 16.7 Å². The summed E-state index contributed by atoms with van der Waals surface area (Å²) in [6, 6.07) is 8.95. The van der Waals surface area contributed by atoms with Crippen LogP contribution in [0.15, 0.2) is 30.3 Å². The zero-order valence-electron chi connectivity index (χ0n) is 9.36. The van der Waals surface area contributed by atoms with Crippen molar-refractivity contribution in [3.05, 3.63) is 35.2 Å². The molecular formula is C12H7F3N2OS. The number of alkyl halides is 3. The highest BCUT2D eigenvalue weighted by molar-refractivity contribution is 7.16. The Hall–Kier alpha value is -2.20. The molecule has 0 spiro atoms. The first-order valence-corrected chi connectivity index (χ1v) is 5.86. The third kappa shape index (κ3) is 3.17. The topological polar surface area (TPSA) is 59.0 Å². The van der Waals surface area contributed by atoms with Crippen LogP contribution in [0.3, 0.4) is 0 Å². The number of benzene rings is 1. The summed E-state index contributed by atoms with van der Waals surface area (Å²) in [6.45, 7) is 0. The molecule has 1 heterocycles. The van der Waals surface area contributed by atoms with Gasteiger partial charge in [-0.1, -0.05) is 0 Å². The monoisotopic (exact) mass is 284 g/mol. The quantitative estimate of drug-likeness (QED) is 0.913. The Balaban J connectivity index is 2.25. The molecule has 0 amide bonds. The molecular weight excluding hydrogens is 277 g/mol. The maximum Gasteiger partial charge on any atom is 0.573 e. The van der Waals surface area contributed by atoms with Crippen LogP contribution in [0, 0.1) is 11.3 Å². The second-order valence-corrected chi connectivity index (χ2v) is 4.63. The standard InChI is InChI=1S/C12H7F3N2OS/c13-12(14,15)18-8-3-1-7(2-4-8)10-5-9(17)11(6-16)19-10/h1-5H,17H2. The number of rotatable bonds is 2. The number of nitrogens with zero attached hydrogens (tertiary/aromatic N) is 1. The summed E-state index contributed by atoms with van der Waals surface area (Å²) in [5, 5.41) is 8.79. The van der Waals surface area contributed by atoms with Gasteiger partial charge in [-0.3, -0.25) is 0 Å². The molecule has 2 rings (SSSR count). The van der Waals surface area contributed by atoms with Gasteiger partial charge in [-0.05, 0) is 35.9 Å². The van der Waals surface area contributed by atoms with Crippen LogP contribution in [-0.2, 0) is 0 Å². The van der Waals surface area contributed by atoms with E-state index in [9.17, 15) is 13.2 Å². The molecule has 0 aliphatic rings. The fourth-order valence-electron chi connectivity index (χ4n) is 1.46. The normalized spacial score (nSPS) is 11.1. The highest BCUT2D eigenvalue weighted by atomic mass is 32.1. The van der Waals surface area contributed by atoms with Crippen molar-refractivity contribution in [3.63, 3.8) is 0 Å². The SMILES string of the molecule is N#Cc1sc(-c2ccc(OC(F)(F)F)cc2)cc1N. The van der Waals surface area contributed by atoms with Crippen LogP contribution in [0.2, 0.25) is 0 Å². The minimum atomic E-state index is -4.71. The van der Waals surface area contributed by atoms with Crippen molar-refractivity contribution in [2.75, 3.05) is 5.73 Å². The minimum absolute atomic E-state index is 0.290. The van der Waals surface area contributed by atoms with Gasteiger partial charge in [-0.15, -0.1) is 24.5 Å². The van der Waals surface area contributed by atoms with E-state index >= 15 is 0 Å². The second kappa shape index (κ2) is 4.82. The molecule has 0 aliphatic carbocycles. The van der Waals surface area contributed by atoms with Gasteiger partial charge in [0.05, 0.1) is 5.69 Å². The Bertz CT molecular complexity index is 626. The zero-order chi connectivity index (χ0) is 14.0. The van der Waals surface area contributed by atoms with Crippen molar-refractivity contribution in [1.82, 2.24) is 0 Å². The molecule has 0 atom stereocenters. The van der Waals surface area contributed by atoms with Gasteiger partial charge in [0, 0.05) is 4.88 Å². The summed E-state index contributed by atoms with van der Waals surface area (Å²) in [7, 11) is 0. The smallest absolute Gasteiger partial charge is 0.406 e. The fraction of sp³-hybridized carbons (Fsp3) is 0.0833. The molecule has 98 valence electrons. The van der Waals surface area contributed by atoms with E-state index in [1.807, 2.05) is 6.07 Å². The molecule has 7 heteroatoms. The maximum absolute atomic E-state index is 12.0. The first-order chi connectivity index (χ1) is 8.89. The molecule has 0 saturated heterocycles. The van der Waals surface area contributed by atoms with Crippen molar-refractivity contribution >= 4 is 17.0 Å². The molecule has 1 aromatic carbocycles. The van der Waals surface area contributed by atoms with Crippen LogP contribution in [-0.4, -0.2) is 6.36 Å². The van der Waals surface area contributed by atoms with Crippen LogP contribution < -0.4 is 10.5 Å². The van der Waals surface area contributed by atoms with Gasteiger partial charge in [-0.25, -0.2) is 0 Å². The van der Waals surface area contributed by atoms with E-state index < -0.39 is 6.36 Å². The van der Waals surface area contributed by atoms with E-state index in [0.29, 0.717) is 21.0 Å². The van der Waals surface area contributed by atoms with Crippen molar-refractivity contribution in [3.8, 4) is 22.3 Å². The predicted molar refractivity (Wildman–Crippen MR) is 65.6 cm³/mol. The van der Waals surface area contributed by atoms with Gasteiger partial charge in [0.2, 0.25) is 0 Å². The Morgan fingerprint density at radius 3 is 2.32 bits per heavy atom. The molecule has 2 aromatic rings. The van der Waals surface area contributed by atoms with Crippen molar-refractivity contribution in [1.29, 1.82) is 5.26 Å². The Kier molecular flexibility index (Phi) is 3.36. The van der Waals surface area contributed by atoms with Crippen LogP contribution >= 0.6 is 11.3 Å². The lowest BCUT2D eigenvalue weighted by Crippen LogP contribution is -2.16. The Morgan fingerprint density at radius 2 is 1.84 bits per heavy atom.